The quantitative estimate of drug-likeness (QED) is 0.579. The van der Waals surface area contributed by atoms with E-state index in [4.69, 9.17) is 16.3 Å². The lowest BCUT2D eigenvalue weighted by Gasteiger charge is -2.28. The fraction of sp³-hybridized carbons (Fsp3) is 0.286. The number of hydrogen-bond acceptors (Lipinski definition) is 5. The van der Waals surface area contributed by atoms with Gasteiger partial charge < -0.3 is 9.64 Å². The van der Waals surface area contributed by atoms with Crippen LogP contribution in [0.2, 0.25) is 5.02 Å². The van der Waals surface area contributed by atoms with Crippen molar-refractivity contribution in [3.63, 3.8) is 0 Å². The molecule has 1 fully saturated rings. The second kappa shape index (κ2) is 7.97. The molecule has 3 aromatic rings. The van der Waals surface area contributed by atoms with Crippen LogP contribution < -0.4 is 4.74 Å². The van der Waals surface area contributed by atoms with Crippen LogP contribution in [0.4, 0.5) is 0 Å². The summed E-state index contributed by atoms with van der Waals surface area (Å²) in [4.78, 5) is 15.6. The SMILES string of the molecule is COc1cccc(CN(C(=O)c2sc3ccccc3c2Cl)[C@@H]2CCS(=O)(=O)C2)c1. The van der Waals surface area contributed by atoms with Gasteiger partial charge >= 0.3 is 0 Å². The molecular formula is C21H20ClNO4S2. The van der Waals surface area contributed by atoms with Crippen LogP contribution in [0.15, 0.2) is 48.5 Å². The van der Waals surface area contributed by atoms with Crippen LogP contribution in [0.25, 0.3) is 10.1 Å². The minimum atomic E-state index is -3.14. The average molecular weight is 450 g/mol. The Morgan fingerprint density at radius 3 is 2.72 bits per heavy atom. The number of thiophene rings is 1. The van der Waals surface area contributed by atoms with E-state index < -0.39 is 9.84 Å². The molecule has 0 N–H and O–H groups in total. The maximum absolute atomic E-state index is 13.5. The molecule has 1 aliphatic rings. The molecule has 0 saturated carbocycles. The largest absolute Gasteiger partial charge is 0.497 e. The summed E-state index contributed by atoms with van der Waals surface area (Å²) in [5.74, 6) is 0.528. The Morgan fingerprint density at radius 2 is 2.03 bits per heavy atom. The molecule has 1 atom stereocenters. The van der Waals surface area contributed by atoms with Crippen molar-refractivity contribution in [3.05, 3.63) is 64.0 Å². The highest BCUT2D eigenvalue weighted by Crippen LogP contribution is 2.37. The summed E-state index contributed by atoms with van der Waals surface area (Å²) in [6, 6.07) is 14.7. The molecule has 8 heteroatoms. The molecule has 1 amide bonds. The van der Waals surface area contributed by atoms with Crippen molar-refractivity contribution in [3.8, 4) is 5.75 Å². The number of nitrogens with zero attached hydrogens (tertiary/aromatic N) is 1. The highest BCUT2D eigenvalue weighted by atomic mass is 35.5. The number of amides is 1. The molecule has 1 aromatic heterocycles. The third kappa shape index (κ3) is 4.13. The second-order valence-corrected chi connectivity index (χ2v) is 10.7. The first-order valence-corrected chi connectivity index (χ1v) is 12.2. The molecule has 2 heterocycles. The summed E-state index contributed by atoms with van der Waals surface area (Å²) in [5.41, 5.74) is 0.874. The number of sulfone groups is 1. The molecule has 0 bridgehead atoms. The van der Waals surface area contributed by atoms with Gasteiger partial charge in [0, 0.05) is 22.7 Å². The number of ether oxygens (including phenoxy) is 1. The first kappa shape index (κ1) is 20.2. The Labute approximate surface area is 178 Å². The van der Waals surface area contributed by atoms with Crippen LogP contribution in [0.5, 0.6) is 5.75 Å². The standard InChI is InChI=1S/C21H20ClNO4S2/c1-27-16-6-4-5-14(11-16)12-23(15-9-10-29(25,26)13-15)21(24)20-19(22)17-7-2-3-8-18(17)28-20/h2-8,11,15H,9-10,12-13H2,1H3/t15-/m1/s1. The van der Waals surface area contributed by atoms with Gasteiger partial charge in [0.15, 0.2) is 9.84 Å². The van der Waals surface area contributed by atoms with Gasteiger partial charge in [0.1, 0.15) is 10.6 Å². The van der Waals surface area contributed by atoms with Crippen LogP contribution >= 0.6 is 22.9 Å². The van der Waals surface area contributed by atoms with Crippen LogP contribution in [-0.4, -0.2) is 43.9 Å². The molecule has 152 valence electrons. The zero-order valence-corrected chi connectivity index (χ0v) is 18.2. The van der Waals surface area contributed by atoms with Gasteiger partial charge in [-0.3, -0.25) is 4.79 Å². The summed E-state index contributed by atoms with van der Waals surface area (Å²) >= 11 is 7.87. The molecule has 1 saturated heterocycles. The molecule has 29 heavy (non-hydrogen) atoms. The lowest BCUT2D eigenvalue weighted by atomic mass is 10.1. The molecular weight excluding hydrogens is 430 g/mol. The second-order valence-electron chi connectivity index (χ2n) is 7.08. The zero-order chi connectivity index (χ0) is 20.6. The number of hydrogen-bond donors (Lipinski definition) is 0. The van der Waals surface area contributed by atoms with Crippen LogP contribution in [-0.2, 0) is 16.4 Å². The Morgan fingerprint density at radius 1 is 1.24 bits per heavy atom. The summed E-state index contributed by atoms with van der Waals surface area (Å²) in [6.07, 6.45) is 0.431. The normalized spacial score (nSPS) is 18.1. The lowest BCUT2D eigenvalue weighted by Crippen LogP contribution is -2.40. The van der Waals surface area contributed by atoms with E-state index in [1.165, 1.54) is 11.3 Å². The van der Waals surface area contributed by atoms with E-state index in [1.54, 1.807) is 12.0 Å². The molecule has 2 aromatic carbocycles. The molecule has 0 radical (unpaired) electrons. The van der Waals surface area contributed by atoms with E-state index in [1.807, 2.05) is 48.5 Å². The highest BCUT2D eigenvalue weighted by Gasteiger charge is 2.36. The Hall–Kier alpha value is -2.09. The van der Waals surface area contributed by atoms with E-state index in [9.17, 15) is 13.2 Å². The third-order valence-electron chi connectivity index (χ3n) is 5.13. The Kier molecular flexibility index (Phi) is 5.55. The number of rotatable bonds is 5. The molecule has 0 aliphatic carbocycles. The van der Waals surface area contributed by atoms with E-state index in [-0.39, 0.29) is 23.5 Å². The number of carbonyl (C=O) groups excluding carboxylic acids is 1. The van der Waals surface area contributed by atoms with Crippen molar-refractivity contribution in [2.24, 2.45) is 0 Å². The van der Waals surface area contributed by atoms with Crippen molar-refractivity contribution < 1.29 is 17.9 Å². The van der Waals surface area contributed by atoms with Crippen molar-refractivity contribution >= 4 is 48.8 Å². The van der Waals surface area contributed by atoms with Crippen LogP contribution in [0.1, 0.15) is 21.7 Å². The smallest absolute Gasteiger partial charge is 0.266 e. The zero-order valence-electron chi connectivity index (χ0n) is 15.8. The van der Waals surface area contributed by atoms with E-state index in [0.29, 0.717) is 28.6 Å². The summed E-state index contributed by atoms with van der Waals surface area (Å²) in [7, 11) is -1.56. The summed E-state index contributed by atoms with van der Waals surface area (Å²) < 4.78 is 30.4. The highest BCUT2D eigenvalue weighted by molar-refractivity contribution is 7.91. The number of methoxy groups -OCH3 is 1. The Balaban J connectivity index is 1.72. The number of fused-ring (bicyclic) bond motifs is 1. The van der Waals surface area contributed by atoms with Gasteiger partial charge in [0.2, 0.25) is 0 Å². The van der Waals surface area contributed by atoms with Crippen LogP contribution in [0.3, 0.4) is 0 Å². The minimum absolute atomic E-state index is 0.0226. The molecule has 4 rings (SSSR count). The van der Waals surface area contributed by atoms with E-state index >= 15 is 0 Å². The predicted molar refractivity (Wildman–Crippen MR) is 117 cm³/mol. The van der Waals surface area contributed by atoms with E-state index in [0.717, 1.165) is 15.6 Å². The minimum Gasteiger partial charge on any atom is -0.497 e. The fourth-order valence-electron chi connectivity index (χ4n) is 3.64. The van der Waals surface area contributed by atoms with Crippen LogP contribution in [0, 0.1) is 0 Å². The first-order chi connectivity index (χ1) is 13.9. The van der Waals surface area contributed by atoms with Gasteiger partial charge in [-0.2, -0.15) is 0 Å². The van der Waals surface area contributed by atoms with Crippen molar-refractivity contribution in [1.82, 2.24) is 4.90 Å². The van der Waals surface area contributed by atoms with Gasteiger partial charge in [-0.05, 0) is 30.2 Å². The number of carbonyl (C=O) groups is 1. The van der Waals surface area contributed by atoms with Gasteiger partial charge in [0.05, 0.1) is 23.6 Å². The fourth-order valence-corrected chi connectivity index (χ4v) is 6.84. The van der Waals surface area contributed by atoms with Crippen molar-refractivity contribution in [2.75, 3.05) is 18.6 Å². The maximum Gasteiger partial charge on any atom is 0.266 e. The topological polar surface area (TPSA) is 63.7 Å². The van der Waals surface area contributed by atoms with Crippen molar-refractivity contribution in [2.45, 2.75) is 19.0 Å². The lowest BCUT2D eigenvalue weighted by molar-refractivity contribution is 0.0686. The molecule has 1 aliphatic heterocycles. The molecule has 0 unspecified atom stereocenters. The molecule has 0 spiro atoms. The number of benzene rings is 2. The maximum atomic E-state index is 13.5. The third-order valence-corrected chi connectivity index (χ3v) is 8.54. The van der Waals surface area contributed by atoms with E-state index in [2.05, 4.69) is 0 Å². The van der Waals surface area contributed by atoms with Gasteiger partial charge in [-0.15, -0.1) is 11.3 Å². The molecule has 5 nitrogen and oxygen atoms in total. The average Bonchev–Trinajstić information content (AvgIpc) is 3.25. The van der Waals surface area contributed by atoms with Gasteiger partial charge in [-0.1, -0.05) is 41.9 Å². The monoisotopic (exact) mass is 449 g/mol. The Bertz CT molecular complexity index is 1170. The van der Waals surface area contributed by atoms with Gasteiger partial charge in [0.25, 0.3) is 5.91 Å². The predicted octanol–water partition coefficient (Wildman–Crippen LogP) is 4.39. The van der Waals surface area contributed by atoms with Crippen molar-refractivity contribution in [1.29, 1.82) is 0 Å². The summed E-state index contributed by atoms with van der Waals surface area (Å²) in [5, 5.41) is 1.26. The van der Waals surface area contributed by atoms with Gasteiger partial charge in [-0.25, -0.2) is 8.42 Å². The first-order valence-electron chi connectivity index (χ1n) is 9.19. The summed E-state index contributed by atoms with van der Waals surface area (Å²) in [6.45, 7) is 0.292. The number of halogens is 1.